The maximum atomic E-state index is 12.4. The Morgan fingerprint density at radius 1 is 1.00 bits per heavy atom. The molecule has 2 aliphatic rings. The highest BCUT2D eigenvalue weighted by atomic mass is 16.2. The molecule has 1 aromatic carbocycles. The number of hydrogen-bond donors (Lipinski definition) is 0. The number of nitrogens with zero attached hydrogens (tertiary/aromatic N) is 4. The van der Waals surface area contributed by atoms with Gasteiger partial charge in [-0.1, -0.05) is 30.3 Å². The first kappa shape index (κ1) is 18.2. The standard InChI is InChI=1S/C22H30N4O/c27-22(18-26-12-4-11-23-26)25-15-9-20(10-16-25)21-8-14-24(17-21)13-7-19-5-2-1-3-6-19/h1-6,11-12,20-21H,7-10,13-18H2. The molecule has 1 atom stereocenters. The van der Waals surface area contributed by atoms with Crippen molar-refractivity contribution in [2.24, 2.45) is 11.8 Å². The molecule has 0 bridgehead atoms. The molecule has 5 nitrogen and oxygen atoms in total. The van der Waals surface area contributed by atoms with Crippen molar-refractivity contribution < 1.29 is 4.79 Å². The molecule has 27 heavy (non-hydrogen) atoms. The normalized spacial score (nSPS) is 21.6. The molecule has 2 saturated heterocycles. The van der Waals surface area contributed by atoms with Gasteiger partial charge >= 0.3 is 0 Å². The molecule has 144 valence electrons. The van der Waals surface area contributed by atoms with Crippen molar-refractivity contribution in [2.45, 2.75) is 32.2 Å². The molecule has 1 amide bonds. The van der Waals surface area contributed by atoms with Crippen molar-refractivity contribution in [3.63, 3.8) is 0 Å². The Morgan fingerprint density at radius 3 is 2.52 bits per heavy atom. The summed E-state index contributed by atoms with van der Waals surface area (Å²) < 4.78 is 1.72. The lowest BCUT2D eigenvalue weighted by Crippen LogP contribution is -2.42. The molecule has 1 aromatic heterocycles. The molecular formula is C22H30N4O. The van der Waals surface area contributed by atoms with Gasteiger partial charge in [-0.25, -0.2) is 0 Å². The van der Waals surface area contributed by atoms with Crippen molar-refractivity contribution in [3.8, 4) is 0 Å². The summed E-state index contributed by atoms with van der Waals surface area (Å²) in [7, 11) is 0. The van der Waals surface area contributed by atoms with Gasteiger partial charge in [0.2, 0.25) is 5.91 Å². The van der Waals surface area contributed by atoms with E-state index in [-0.39, 0.29) is 5.91 Å². The summed E-state index contributed by atoms with van der Waals surface area (Å²) in [5.74, 6) is 1.79. The molecule has 0 spiro atoms. The van der Waals surface area contributed by atoms with E-state index in [1.165, 1.54) is 31.6 Å². The quantitative estimate of drug-likeness (QED) is 0.789. The van der Waals surface area contributed by atoms with Gasteiger partial charge in [-0.3, -0.25) is 9.48 Å². The minimum absolute atomic E-state index is 0.202. The van der Waals surface area contributed by atoms with Crippen LogP contribution in [0.4, 0.5) is 0 Å². The number of carbonyl (C=O) groups is 1. The molecule has 2 fully saturated rings. The maximum Gasteiger partial charge on any atom is 0.244 e. The highest BCUT2D eigenvalue weighted by Gasteiger charge is 2.32. The van der Waals surface area contributed by atoms with E-state index in [1.807, 2.05) is 17.2 Å². The van der Waals surface area contributed by atoms with Crippen LogP contribution in [0.5, 0.6) is 0 Å². The third-order valence-corrected chi connectivity index (χ3v) is 6.28. The minimum Gasteiger partial charge on any atom is -0.341 e. The van der Waals surface area contributed by atoms with Crippen LogP contribution in [-0.4, -0.2) is 58.2 Å². The molecule has 1 unspecified atom stereocenters. The number of aromatic nitrogens is 2. The lowest BCUT2D eigenvalue weighted by atomic mass is 9.84. The van der Waals surface area contributed by atoms with E-state index >= 15 is 0 Å². The maximum absolute atomic E-state index is 12.4. The van der Waals surface area contributed by atoms with Crippen LogP contribution in [0.2, 0.25) is 0 Å². The number of piperidine rings is 1. The third-order valence-electron chi connectivity index (χ3n) is 6.28. The largest absolute Gasteiger partial charge is 0.341 e. The van der Waals surface area contributed by atoms with E-state index < -0.39 is 0 Å². The van der Waals surface area contributed by atoms with Crippen LogP contribution in [-0.2, 0) is 17.8 Å². The Hall–Kier alpha value is -2.14. The van der Waals surface area contributed by atoms with E-state index in [1.54, 1.807) is 10.9 Å². The van der Waals surface area contributed by atoms with Gasteiger partial charge < -0.3 is 9.80 Å². The molecule has 5 heteroatoms. The molecule has 0 saturated carbocycles. The molecule has 0 radical (unpaired) electrons. The molecule has 3 heterocycles. The number of likely N-dealkylation sites (tertiary alicyclic amines) is 2. The fourth-order valence-electron chi connectivity index (χ4n) is 4.64. The molecule has 0 N–H and O–H groups in total. The first-order valence-corrected chi connectivity index (χ1v) is 10.3. The van der Waals surface area contributed by atoms with Gasteiger partial charge in [0, 0.05) is 38.6 Å². The predicted molar refractivity (Wildman–Crippen MR) is 106 cm³/mol. The number of carbonyl (C=O) groups excluding carboxylic acids is 1. The second-order valence-electron chi connectivity index (χ2n) is 8.01. The van der Waals surface area contributed by atoms with Gasteiger partial charge in [0.1, 0.15) is 6.54 Å². The van der Waals surface area contributed by atoms with Crippen molar-refractivity contribution in [1.29, 1.82) is 0 Å². The molecular weight excluding hydrogens is 336 g/mol. The van der Waals surface area contributed by atoms with E-state index in [0.29, 0.717) is 6.54 Å². The zero-order chi connectivity index (χ0) is 18.5. The molecule has 0 aliphatic carbocycles. The average Bonchev–Trinajstić information content (AvgIpc) is 3.39. The fraction of sp³-hybridized carbons (Fsp3) is 0.545. The summed E-state index contributed by atoms with van der Waals surface area (Å²) in [4.78, 5) is 17.1. The van der Waals surface area contributed by atoms with Gasteiger partial charge in [0.05, 0.1) is 0 Å². The Morgan fingerprint density at radius 2 is 1.78 bits per heavy atom. The summed E-state index contributed by atoms with van der Waals surface area (Å²) in [6, 6.07) is 12.7. The van der Waals surface area contributed by atoms with Crippen LogP contribution in [0.25, 0.3) is 0 Å². The van der Waals surface area contributed by atoms with Gasteiger partial charge in [0.25, 0.3) is 0 Å². The smallest absolute Gasteiger partial charge is 0.244 e. The second kappa shape index (κ2) is 8.70. The Labute approximate surface area is 162 Å². The monoisotopic (exact) mass is 366 g/mol. The molecule has 4 rings (SSSR count). The van der Waals surface area contributed by atoms with Crippen molar-refractivity contribution >= 4 is 5.91 Å². The first-order valence-electron chi connectivity index (χ1n) is 10.3. The SMILES string of the molecule is O=C(Cn1cccn1)N1CCC(C2CCN(CCc3ccccc3)C2)CC1. The third kappa shape index (κ3) is 4.78. The minimum atomic E-state index is 0.202. The Kier molecular flexibility index (Phi) is 5.87. The van der Waals surface area contributed by atoms with Gasteiger partial charge in [-0.2, -0.15) is 5.10 Å². The number of amides is 1. The van der Waals surface area contributed by atoms with Crippen molar-refractivity contribution in [1.82, 2.24) is 19.6 Å². The van der Waals surface area contributed by atoms with E-state index in [4.69, 9.17) is 0 Å². The topological polar surface area (TPSA) is 41.4 Å². The summed E-state index contributed by atoms with van der Waals surface area (Å²) in [6.07, 6.45) is 8.36. The van der Waals surface area contributed by atoms with Crippen LogP contribution in [0.15, 0.2) is 48.8 Å². The molecule has 2 aliphatic heterocycles. The zero-order valence-corrected chi connectivity index (χ0v) is 16.0. The van der Waals surface area contributed by atoms with E-state index in [9.17, 15) is 4.79 Å². The highest BCUT2D eigenvalue weighted by molar-refractivity contribution is 5.75. The van der Waals surface area contributed by atoms with Crippen molar-refractivity contribution in [2.75, 3.05) is 32.7 Å². The predicted octanol–water partition coefficient (Wildman–Crippen LogP) is 2.69. The van der Waals surface area contributed by atoms with Gasteiger partial charge in [0.15, 0.2) is 0 Å². The van der Waals surface area contributed by atoms with Gasteiger partial charge in [-0.15, -0.1) is 0 Å². The average molecular weight is 367 g/mol. The summed E-state index contributed by atoms with van der Waals surface area (Å²) >= 11 is 0. The lowest BCUT2D eigenvalue weighted by Gasteiger charge is -2.35. The second-order valence-corrected chi connectivity index (χ2v) is 8.01. The van der Waals surface area contributed by atoms with Crippen LogP contribution >= 0.6 is 0 Å². The number of hydrogen-bond acceptors (Lipinski definition) is 3. The number of rotatable bonds is 6. The number of benzene rings is 1. The van der Waals surface area contributed by atoms with Crippen LogP contribution in [0, 0.1) is 11.8 Å². The summed E-state index contributed by atoms with van der Waals surface area (Å²) in [5.41, 5.74) is 1.44. The van der Waals surface area contributed by atoms with Crippen LogP contribution < -0.4 is 0 Å². The Bertz CT molecular complexity index is 707. The van der Waals surface area contributed by atoms with E-state index in [2.05, 4.69) is 40.3 Å². The summed E-state index contributed by atoms with van der Waals surface area (Å²) in [6.45, 7) is 5.82. The fourth-order valence-corrected chi connectivity index (χ4v) is 4.64. The Balaban J connectivity index is 1.19. The van der Waals surface area contributed by atoms with Crippen LogP contribution in [0.3, 0.4) is 0 Å². The van der Waals surface area contributed by atoms with E-state index in [0.717, 1.165) is 44.2 Å². The lowest BCUT2D eigenvalue weighted by molar-refractivity contribution is -0.133. The van der Waals surface area contributed by atoms with Crippen LogP contribution in [0.1, 0.15) is 24.8 Å². The zero-order valence-electron chi connectivity index (χ0n) is 16.0. The highest BCUT2D eigenvalue weighted by Crippen LogP contribution is 2.32. The van der Waals surface area contributed by atoms with Gasteiger partial charge in [-0.05, 0) is 55.7 Å². The first-order chi connectivity index (χ1) is 13.3. The summed E-state index contributed by atoms with van der Waals surface area (Å²) in [5, 5.41) is 4.14. The van der Waals surface area contributed by atoms with Crippen molar-refractivity contribution in [3.05, 3.63) is 54.4 Å². The molecule has 2 aromatic rings.